The SMILES string of the molecule is [N-]=[N+]=Nc1cccc(O)c1-c1ccccc1. The molecule has 4 nitrogen and oxygen atoms in total. The van der Waals surface area contributed by atoms with Gasteiger partial charge in [-0.05, 0) is 17.2 Å². The fourth-order valence-corrected chi connectivity index (χ4v) is 1.56. The molecule has 0 radical (unpaired) electrons. The van der Waals surface area contributed by atoms with Crippen LogP contribution in [0, 0.1) is 0 Å². The first-order chi connectivity index (χ1) is 7.83. The average Bonchev–Trinajstić information content (AvgIpc) is 2.31. The quantitative estimate of drug-likeness (QED) is 0.455. The van der Waals surface area contributed by atoms with Crippen LogP contribution in [0.3, 0.4) is 0 Å². The van der Waals surface area contributed by atoms with Crippen molar-refractivity contribution in [1.29, 1.82) is 0 Å². The van der Waals surface area contributed by atoms with E-state index < -0.39 is 0 Å². The summed E-state index contributed by atoms with van der Waals surface area (Å²) in [5.74, 6) is 0.108. The van der Waals surface area contributed by atoms with Crippen molar-refractivity contribution in [2.45, 2.75) is 0 Å². The van der Waals surface area contributed by atoms with Crippen LogP contribution >= 0.6 is 0 Å². The van der Waals surface area contributed by atoms with Crippen LogP contribution in [0.2, 0.25) is 0 Å². The van der Waals surface area contributed by atoms with Gasteiger partial charge in [0, 0.05) is 16.2 Å². The second-order valence-electron chi connectivity index (χ2n) is 3.23. The Hall–Kier alpha value is -2.45. The molecule has 0 saturated carbocycles. The molecule has 0 fully saturated rings. The lowest BCUT2D eigenvalue weighted by Crippen LogP contribution is -1.79. The summed E-state index contributed by atoms with van der Waals surface area (Å²) in [6.07, 6.45) is 0. The van der Waals surface area contributed by atoms with E-state index in [9.17, 15) is 5.11 Å². The van der Waals surface area contributed by atoms with Crippen LogP contribution in [0.15, 0.2) is 53.6 Å². The van der Waals surface area contributed by atoms with Gasteiger partial charge < -0.3 is 5.11 Å². The monoisotopic (exact) mass is 211 g/mol. The van der Waals surface area contributed by atoms with E-state index in [4.69, 9.17) is 5.53 Å². The Bertz CT molecular complexity index is 545. The van der Waals surface area contributed by atoms with Gasteiger partial charge in [-0.3, -0.25) is 0 Å². The lowest BCUT2D eigenvalue weighted by molar-refractivity contribution is 0.477. The first kappa shape index (κ1) is 10.1. The lowest BCUT2D eigenvalue weighted by atomic mass is 10.0. The second-order valence-corrected chi connectivity index (χ2v) is 3.23. The minimum atomic E-state index is 0.108. The van der Waals surface area contributed by atoms with Gasteiger partial charge >= 0.3 is 0 Å². The molecular weight excluding hydrogens is 202 g/mol. The normalized spacial score (nSPS) is 9.50. The molecule has 0 spiro atoms. The predicted octanol–water partition coefficient (Wildman–Crippen LogP) is 4.00. The highest BCUT2D eigenvalue weighted by Gasteiger charge is 2.07. The zero-order valence-corrected chi connectivity index (χ0v) is 8.41. The Morgan fingerprint density at radius 2 is 1.75 bits per heavy atom. The maximum Gasteiger partial charge on any atom is 0.123 e. The van der Waals surface area contributed by atoms with Gasteiger partial charge in [-0.2, -0.15) is 0 Å². The van der Waals surface area contributed by atoms with Gasteiger partial charge in [0.1, 0.15) is 5.75 Å². The molecule has 0 aromatic heterocycles. The molecule has 0 aliphatic heterocycles. The van der Waals surface area contributed by atoms with Gasteiger partial charge in [-0.25, -0.2) is 0 Å². The Balaban J connectivity index is 2.68. The van der Waals surface area contributed by atoms with Gasteiger partial charge in [0.05, 0.1) is 0 Å². The minimum absolute atomic E-state index is 0.108. The van der Waals surface area contributed by atoms with Gasteiger partial charge in [0.2, 0.25) is 0 Å². The maximum atomic E-state index is 9.79. The summed E-state index contributed by atoms with van der Waals surface area (Å²) in [4.78, 5) is 2.75. The number of aromatic hydroxyl groups is 1. The van der Waals surface area contributed by atoms with E-state index in [0.29, 0.717) is 11.3 Å². The van der Waals surface area contributed by atoms with Crippen molar-refractivity contribution in [3.05, 3.63) is 59.0 Å². The number of nitrogens with zero attached hydrogens (tertiary/aromatic N) is 3. The molecule has 1 N–H and O–H groups in total. The second kappa shape index (κ2) is 4.38. The van der Waals surface area contributed by atoms with E-state index in [1.807, 2.05) is 30.3 Å². The van der Waals surface area contributed by atoms with E-state index in [1.54, 1.807) is 18.2 Å². The largest absolute Gasteiger partial charge is 0.507 e. The van der Waals surface area contributed by atoms with Crippen LogP contribution < -0.4 is 0 Å². The number of hydrogen-bond acceptors (Lipinski definition) is 2. The third-order valence-electron chi connectivity index (χ3n) is 2.24. The number of benzene rings is 2. The molecule has 0 atom stereocenters. The summed E-state index contributed by atoms with van der Waals surface area (Å²) in [5.41, 5.74) is 10.3. The fraction of sp³-hybridized carbons (Fsp3) is 0. The molecule has 0 aliphatic rings. The molecule has 78 valence electrons. The first-order valence-electron chi connectivity index (χ1n) is 4.75. The van der Waals surface area contributed by atoms with Crippen molar-refractivity contribution in [2.24, 2.45) is 5.11 Å². The summed E-state index contributed by atoms with van der Waals surface area (Å²) >= 11 is 0. The Morgan fingerprint density at radius 1 is 1.00 bits per heavy atom. The molecule has 4 heteroatoms. The predicted molar refractivity (Wildman–Crippen MR) is 62.3 cm³/mol. The molecule has 0 amide bonds. The number of phenolic OH excluding ortho intramolecular Hbond substituents is 1. The molecule has 0 saturated heterocycles. The van der Waals surface area contributed by atoms with Gasteiger partial charge in [0.25, 0.3) is 0 Å². The standard InChI is InChI=1S/C12H9N3O/c13-15-14-10-7-4-8-11(16)12(10)9-5-2-1-3-6-9/h1-8,16H. The number of phenols is 1. The van der Waals surface area contributed by atoms with Crippen LogP contribution in [0.25, 0.3) is 21.6 Å². The molecule has 0 aliphatic carbocycles. The molecular formula is C12H9N3O. The molecule has 0 bridgehead atoms. The summed E-state index contributed by atoms with van der Waals surface area (Å²) in [5, 5.41) is 13.4. The summed E-state index contributed by atoms with van der Waals surface area (Å²) in [6.45, 7) is 0. The van der Waals surface area contributed by atoms with Gasteiger partial charge in [0.15, 0.2) is 0 Å². The van der Waals surface area contributed by atoms with E-state index >= 15 is 0 Å². The topological polar surface area (TPSA) is 69.0 Å². The van der Waals surface area contributed by atoms with E-state index in [-0.39, 0.29) is 5.75 Å². The molecule has 2 aromatic carbocycles. The number of rotatable bonds is 2. The third kappa shape index (κ3) is 1.82. The van der Waals surface area contributed by atoms with Crippen LogP contribution in [0.5, 0.6) is 5.75 Å². The van der Waals surface area contributed by atoms with Crippen LogP contribution in [0.4, 0.5) is 5.69 Å². The van der Waals surface area contributed by atoms with Crippen LogP contribution in [-0.4, -0.2) is 5.11 Å². The van der Waals surface area contributed by atoms with Crippen molar-refractivity contribution in [2.75, 3.05) is 0 Å². The van der Waals surface area contributed by atoms with E-state index in [2.05, 4.69) is 10.0 Å². The summed E-state index contributed by atoms with van der Waals surface area (Å²) in [6, 6.07) is 14.2. The summed E-state index contributed by atoms with van der Waals surface area (Å²) < 4.78 is 0. The fourth-order valence-electron chi connectivity index (χ4n) is 1.56. The van der Waals surface area contributed by atoms with Crippen molar-refractivity contribution >= 4 is 5.69 Å². The molecule has 16 heavy (non-hydrogen) atoms. The van der Waals surface area contributed by atoms with Crippen molar-refractivity contribution in [3.8, 4) is 16.9 Å². The highest BCUT2D eigenvalue weighted by atomic mass is 16.3. The van der Waals surface area contributed by atoms with Crippen molar-refractivity contribution in [1.82, 2.24) is 0 Å². The number of azide groups is 1. The number of hydrogen-bond donors (Lipinski definition) is 1. The zero-order chi connectivity index (χ0) is 11.4. The smallest absolute Gasteiger partial charge is 0.123 e. The van der Waals surface area contributed by atoms with Crippen molar-refractivity contribution < 1.29 is 5.11 Å². The van der Waals surface area contributed by atoms with E-state index in [1.165, 1.54) is 0 Å². The molecule has 0 heterocycles. The molecule has 2 aromatic rings. The maximum absolute atomic E-state index is 9.79. The molecule has 2 rings (SSSR count). The average molecular weight is 211 g/mol. The lowest BCUT2D eigenvalue weighted by Gasteiger charge is -2.07. The van der Waals surface area contributed by atoms with Crippen molar-refractivity contribution in [3.63, 3.8) is 0 Å². The first-order valence-corrected chi connectivity index (χ1v) is 4.75. The zero-order valence-electron chi connectivity index (χ0n) is 8.41. The Kier molecular flexibility index (Phi) is 2.76. The van der Waals surface area contributed by atoms with Gasteiger partial charge in [-0.1, -0.05) is 47.6 Å². The highest BCUT2D eigenvalue weighted by Crippen LogP contribution is 2.37. The Labute approximate surface area is 92.4 Å². The van der Waals surface area contributed by atoms with Crippen LogP contribution in [-0.2, 0) is 0 Å². The highest BCUT2D eigenvalue weighted by molar-refractivity contribution is 5.81. The van der Waals surface area contributed by atoms with E-state index in [0.717, 1.165) is 5.56 Å². The van der Waals surface area contributed by atoms with Gasteiger partial charge in [-0.15, -0.1) is 0 Å². The third-order valence-corrected chi connectivity index (χ3v) is 2.24. The minimum Gasteiger partial charge on any atom is -0.507 e. The molecule has 0 unspecified atom stereocenters. The Morgan fingerprint density at radius 3 is 2.44 bits per heavy atom. The summed E-state index contributed by atoms with van der Waals surface area (Å²) in [7, 11) is 0. The van der Waals surface area contributed by atoms with Crippen LogP contribution in [0.1, 0.15) is 0 Å².